The van der Waals surface area contributed by atoms with Gasteiger partial charge in [-0.3, -0.25) is 9.59 Å². The number of pyridine rings is 1. The quantitative estimate of drug-likeness (QED) is 0.759. The number of anilines is 1. The molecule has 0 spiro atoms. The number of aromatic amines is 1. The molecular weight excluding hydrogens is 328 g/mol. The van der Waals surface area contributed by atoms with Crippen molar-refractivity contribution in [2.24, 2.45) is 0 Å². The molecule has 0 saturated heterocycles. The van der Waals surface area contributed by atoms with Gasteiger partial charge in [-0.05, 0) is 56.0 Å². The van der Waals surface area contributed by atoms with E-state index in [1.807, 2.05) is 48.5 Å². The van der Waals surface area contributed by atoms with Gasteiger partial charge in [-0.1, -0.05) is 24.3 Å². The minimum absolute atomic E-state index is 0.0192. The number of aryl methyl sites for hydroxylation is 1. The van der Waals surface area contributed by atoms with E-state index in [2.05, 4.69) is 10.3 Å². The summed E-state index contributed by atoms with van der Waals surface area (Å²) in [5.41, 5.74) is 3.42. The fourth-order valence-electron chi connectivity index (χ4n) is 3.48. The predicted molar refractivity (Wildman–Crippen MR) is 102 cm³/mol. The van der Waals surface area contributed by atoms with Gasteiger partial charge in [0.25, 0.3) is 11.5 Å². The minimum atomic E-state index is -0.632. The highest BCUT2D eigenvalue weighted by molar-refractivity contribution is 5.96. The van der Waals surface area contributed by atoms with Crippen LogP contribution < -0.4 is 15.6 Å². The fraction of sp³-hybridized carbons (Fsp3) is 0.238. The van der Waals surface area contributed by atoms with Crippen molar-refractivity contribution in [1.82, 2.24) is 4.98 Å². The number of H-pyrrole nitrogens is 1. The summed E-state index contributed by atoms with van der Waals surface area (Å²) in [5.74, 6) is 0.408. The zero-order chi connectivity index (χ0) is 18.1. The van der Waals surface area contributed by atoms with E-state index in [1.165, 1.54) is 0 Å². The smallest absolute Gasteiger partial charge is 0.265 e. The van der Waals surface area contributed by atoms with E-state index in [9.17, 15) is 9.59 Å². The third-order valence-electron chi connectivity index (χ3n) is 4.78. The number of benzene rings is 2. The molecule has 132 valence electrons. The molecule has 1 unspecified atom stereocenters. The number of rotatable bonds is 4. The molecule has 2 aromatic carbocycles. The van der Waals surface area contributed by atoms with Gasteiger partial charge in [-0.15, -0.1) is 0 Å². The summed E-state index contributed by atoms with van der Waals surface area (Å²) in [4.78, 5) is 27.5. The Bertz CT molecular complexity index is 1020. The van der Waals surface area contributed by atoms with Gasteiger partial charge < -0.3 is 15.0 Å². The number of carbonyl (C=O) groups excluding carboxylic acids is 1. The Morgan fingerprint density at radius 2 is 1.88 bits per heavy atom. The molecule has 1 heterocycles. The Morgan fingerprint density at radius 3 is 2.69 bits per heavy atom. The summed E-state index contributed by atoms with van der Waals surface area (Å²) in [7, 11) is 0. The van der Waals surface area contributed by atoms with Gasteiger partial charge >= 0.3 is 0 Å². The Kier molecular flexibility index (Phi) is 4.21. The van der Waals surface area contributed by atoms with E-state index >= 15 is 0 Å². The van der Waals surface area contributed by atoms with E-state index in [0.29, 0.717) is 11.4 Å². The first kappa shape index (κ1) is 16.4. The van der Waals surface area contributed by atoms with Crippen molar-refractivity contribution in [2.45, 2.75) is 32.3 Å². The van der Waals surface area contributed by atoms with Crippen molar-refractivity contribution in [1.29, 1.82) is 0 Å². The molecule has 5 nitrogen and oxygen atoms in total. The van der Waals surface area contributed by atoms with Gasteiger partial charge in [0, 0.05) is 16.6 Å². The molecule has 5 heteroatoms. The van der Waals surface area contributed by atoms with Gasteiger partial charge in [0.15, 0.2) is 6.10 Å². The molecular formula is C21H20N2O3. The number of hydrogen-bond donors (Lipinski definition) is 2. The maximum Gasteiger partial charge on any atom is 0.265 e. The van der Waals surface area contributed by atoms with E-state index < -0.39 is 6.10 Å². The Hall–Kier alpha value is -3.08. The zero-order valence-electron chi connectivity index (χ0n) is 14.5. The summed E-state index contributed by atoms with van der Waals surface area (Å²) >= 11 is 0. The SMILES string of the molecule is CC(Oc1ccccc1)C(=O)Nc1ccc2c3c(c(=O)[nH]c2c1)CCC3. The molecule has 0 aliphatic heterocycles. The second kappa shape index (κ2) is 6.67. The number of para-hydroxylation sites is 1. The lowest BCUT2D eigenvalue weighted by Gasteiger charge is -2.15. The molecule has 0 bridgehead atoms. The lowest BCUT2D eigenvalue weighted by atomic mass is 10.1. The van der Waals surface area contributed by atoms with Gasteiger partial charge in [0.1, 0.15) is 5.75 Å². The third kappa shape index (κ3) is 3.08. The van der Waals surface area contributed by atoms with Gasteiger partial charge in [-0.25, -0.2) is 0 Å². The van der Waals surface area contributed by atoms with Gasteiger partial charge in [-0.2, -0.15) is 0 Å². The number of hydrogen-bond acceptors (Lipinski definition) is 3. The van der Waals surface area contributed by atoms with Crippen LogP contribution in [0.4, 0.5) is 5.69 Å². The molecule has 4 rings (SSSR count). The topological polar surface area (TPSA) is 71.2 Å². The van der Waals surface area contributed by atoms with Gasteiger partial charge in [0.2, 0.25) is 0 Å². The Balaban J connectivity index is 1.55. The lowest BCUT2D eigenvalue weighted by Crippen LogP contribution is -2.30. The summed E-state index contributed by atoms with van der Waals surface area (Å²) in [5, 5.41) is 3.91. The molecule has 1 aliphatic rings. The van der Waals surface area contributed by atoms with E-state index in [0.717, 1.165) is 41.3 Å². The molecule has 0 saturated carbocycles. The van der Waals surface area contributed by atoms with Crippen molar-refractivity contribution in [3.63, 3.8) is 0 Å². The first-order chi connectivity index (χ1) is 12.6. The monoisotopic (exact) mass is 348 g/mol. The second-order valence-electron chi connectivity index (χ2n) is 6.59. The molecule has 2 N–H and O–H groups in total. The Morgan fingerprint density at radius 1 is 1.12 bits per heavy atom. The normalized spacial score (nSPS) is 14.0. The minimum Gasteiger partial charge on any atom is -0.481 e. The van der Waals surface area contributed by atoms with Crippen molar-refractivity contribution in [2.75, 3.05) is 5.32 Å². The average molecular weight is 348 g/mol. The van der Waals surface area contributed by atoms with Crippen LogP contribution in [-0.2, 0) is 17.6 Å². The highest BCUT2D eigenvalue weighted by Crippen LogP contribution is 2.27. The first-order valence-electron chi connectivity index (χ1n) is 8.82. The van der Waals surface area contributed by atoms with E-state index in [4.69, 9.17) is 4.74 Å². The molecule has 1 aliphatic carbocycles. The number of nitrogens with one attached hydrogen (secondary N) is 2. The molecule has 26 heavy (non-hydrogen) atoms. The number of ether oxygens (including phenoxy) is 1. The highest BCUT2D eigenvalue weighted by Gasteiger charge is 2.19. The molecule has 0 fully saturated rings. The highest BCUT2D eigenvalue weighted by atomic mass is 16.5. The number of aromatic nitrogens is 1. The zero-order valence-corrected chi connectivity index (χ0v) is 14.5. The summed E-state index contributed by atoms with van der Waals surface area (Å²) in [6, 6.07) is 14.9. The van der Waals surface area contributed by atoms with Crippen LogP contribution in [0.5, 0.6) is 5.75 Å². The standard InChI is InChI=1S/C21H20N2O3/c1-13(26-15-6-3-2-4-7-15)20(24)22-14-10-11-17-16-8-5-9-18(16)21(25)23-19(17)12-14/h2-4,6-7,10-13H,5,8-9H2,1H3,(H,22,24)(H,23,25). The van der Waals surface area contributed by atoms with Crippen molar-refractivity contribution < 1.29 is 9.53 Å². The van der Waals surface area contributed by atoms with E-state index in [1.54, 1.807) is 6.92 Å². The molecule has 1 atom stereocenters. The number of fused-ring (bicyclic) bond motifs is 3. The van der Waals surface area contributed by atoms with Crippen molar-refractivity contribution in [3.8, 4) is 5.75 Å². The summed E-state index contributed by atoms with van der Waals surface area (Å²) in [6.45, 7) is 1.71. The molecule has 0 radical (unpaired) electrons. The van der Waals surface area contributed by atoms with Crippen LogP contribution in [0.1, 0.15) is 24.5 Å². The maximum atomic E-state index is 12.4. The summed E-state index contributed by atoms with van der Waals surface area (Å²) < 4.78 is 5.65. The van der Waals surface area contributed by atoms with Crippen LogP contribution in [-0.4, -0.2) is 17.0 Å². The average Bonchev–Trinajstić information content (AvgIpc) is 3.13. The maximum absolute atomic E-state index is 12.4. The Labute approximate surface area is 151 Å². The second-order valence-corrected chi connectivity index (χ2v) is 6.59. The van der Waals surface area contributed by atoms with Crippen LogP contribution in [0, 0.1) is 0 Å². The molecule has 1 amide bonds. The summed E-state index contributed by atoms with van der Waals surface area (Å²) in [6.07, 6.45) is 2.16. The van der Waals surface area contributed by atoms with Gasteiger partial charge in [0.05, 0.1) is 5.52 Å². The molecule has 1 aromatic heterocycles. The predicted octanol–water partition coefficient (Wildman–Crippen LogP) is 3.42. The van der Waals surface area contributed by atoms with E-state index in [-0.39, 0.29) is 11.5 Å². The lowest BCUT2D eigenvalue weighted by molar-refractivity contribution is -0.122. The van der Waals surface area contributed by atoms with Crippen molar-refractivity contribution in [3.05, 3.63) is 70.0 Å². The third-order valence-corrected chi connectivity index (χ3v) is 4.78. The van der Waals surface area contributed by atoms with Crippen LogP contribution in [0.3, 0.4) is 0 Å². The number of amides is 1. The van der Waals surface area contributed by atoms with Crippen molar-refractivity contribution >= 4 is 22.5 Å². The fourth-order valence-corrected chi connectivity index (χ4v) is 3.48. The van der Waals surface area contributed by atoms with Crippen LogP contribution in [0.2, 0.25) is 0 Å². The molecule has 3 aromatic rings. The largest absolute Gasteiger partial charge is 0.481 e. The first-order valence-corrected chi connectivity index (χ1v) is 8.82. The van der Waals surface area contributed by atoms with Crippen LogP contribution in [0.25, 0.3) is 10.9 Å². The van der Waals surface area contributed by atoms with Crippen LogP contribution >= 0.6 is 0 Å². The van der Waals surface area contributed by atoms with Crippen LogP contribution in [0.15, 0.2) is 53.3 Å². The number of carbonyl (C=O) groups is 1.